The van der Waals surface area contributed by atoms with E-state index in [0.717, 1.165) is 25.8 Å². The number of amides is 1. The van der Waals surface area contributed by atoms with E-state index in [-0.39, 0.29) is 29.8 Å². The fourth-order valence-electron chi connectivity index (χ4n) is 1.93. The van der Waals surface area contributed by atoms with Gasteiger partial charge in [0.05, 0.1) is 12.6 Å². The van der Waals surface area contributed by atoms with Crippen LogP contribution in [0, 0.1) is 0 Å². The van der Waals surface area contributed by atoms with Crippen LogP contribution < -0.4 is 10.6 Å². The third kappa shape index (κ3) is 3.96. The first-order valence-corrected chi connectivity index (χ1v) is 7.15. The molecular weight excluding hydrogens is 224 g/mol. The number of carbonyl (C=O) groups is 1. The van der Waals surface area contributed by atoms with E-state index in [0.29, 0.717) is 0 Å². The molecule has 3 atom stereocenters. The summed E-state index contributed by atoms with van der Waals surface area (Å²) in [4.78, 5) is 11.9. The SMILES string of the molecule is CSC(CO)C(C)NC(=O)C1CCCCN1. The molecule has 3 unspecified atom stereocenters. The van der Waals surface area contributed by atoms with Crippen LogP contribution in [-0.2, 0) is 4.79 Å². The third-order valence-corrected chi connectivity index (χ3v) is 4.20. The predicted octanol–water partition coefficient (Wildman–Crippen LogP) is 0.357. The lowest BCUT2D eigenvalue weighted by Crippen LogP contribution is -2.51. The van der Waals surface area contributed by atoms with Crippen LogP contribution in [0.15, 0.2) is 0 Å². The fraction of sp³-hybridized carbons (Fsp3) is 0.909. The van der Waals surface area contributed by atoms with E-state index in [1.807, 2.05) is 13.2 Å². The lowest BCUT2D eigenvalue weighted by atomic mass is 10.0. The van der Waals surface area contributed by atoms with Crippen LogP contribution in [0.5, 0.6) is 0 Å². The molecule has 1 aliphatic heterocycles. The zero-order chi connectivity index (χ0) is 12.0. The molecule has 0 bridgehead atoms. The Morgan fingerprint density at radius 2 is 2.38 bits per heavy atom. The molecular formula is C11H22N2O2S. The first kappa shape index (κ1) is 13.8. The third-order valence-electron chi connectivity index (χ3n) is 3.04. The highest BCUT2D eigenvalue weighted by Gasteiger charge is 2.24. The summed E-state index contributed by atoms with van der Waals surface area (Å²) in [5.41, 5.74) is 0. The molecule has 0 saturated carbocycles. The van der Waals surface area contributed by atoms with Gasteiger partial charge < -0.3 is 15.7 Å². The molecule has 0 aromatic heterocycles. The summed E-state index contributed by atoms with van der Waals surface area (Å²) in [5.74, 6) is 0.0692. The molecule has 0 aromatic rings. The normalized spacial score (nSPS) is 24.8. The van der Waals surface area contributed by atoms with E-state index in [9.17, 15) is 4.79 Å². The lowest BCUT2D eigenvalue weighted by molar-refractivity contribution is -0.124. The first-order chi connectivity index (χ1) is 7.69. The standard InChI is InChI=1S/C11H22N2O2S/c1-8(10(7-14)16-2)13-11(15)9-5-3-4-6-12-9/h8-10,12,14H,3-7H2,1-2H3,(H,13,15). The highest BCUT2D eigenvalue weighted by atomic mass is 32.2. The topological polar surface area (TPSA) is 61.4 Å². The van der Waals surface area contributed by atoms with Crippen molar-refractivity contribution in [3.8, 4) is 0 Å². The van der Waals surface area contributed by atoms with Crippen LogP contribution in [0.25, 0.3) is 0 Å². The van der Waals surface area contributed by atoms with Crippen molar-refractivity contribution >= 4 is 17.7 Å². The molecule has 1 aliphatic rings. The number of rotatable bonds is 5. The van der Waals surface area contributed by atoms with E-state index in [1.54, 1.807) is 11.8 Å². The molecule has 1 amide bonds. The van der Waals surface area contributed by atoms with E-state index in [4.69, 9.17) is 5.11 Å². The molecule has 3 N–H and O–H groups in total. The largest absolute Gasteiger partial charge is 0.395 e. The van der Waals surface area contributed by atoms with Crippen molar-refractivity contribution in [1.82, 2.24) is 10.6 Å². The molecule has 1 heterocycles. The zero-order valence-corrected chi connectivity index (χ0v) is 10.8. The van der Waals surface area contributed by atoms with Gasteiger partial charge in [0.1, 0.15) is 0 Å². The van der Waals surface area contributed by atoms with Crippen molar-refractivity contribution in [3.63, 3.8) is 0 Å². The van der Waals surface area contributed by atoms with E-state index in [2.05, 4.69) is 10.6 Å². The van der Waals surface area contributed by atoms with Crippen LogP contribution in [0.3, 0.4) is 0 Å². The predicted molar refractivity (Wildman–Crippen MR) is 67.6 cm³/mol. The number of thioether (sulfide) groups is 1. The number of hydrogen-bond donors (Lipinski definition) is 3. The van der Waals surface area contributed by atoms with Gasteiger partial charge in [-0.1, -0.05) is 6.42 Å². The summed E-state index contributed by atoms with van der Waals surface area (Å²) in [6.45, 7) is 2.97. The average Bonchev–Trinajstić information content (AvgIpc) is 2.31. The molecule has 94 valence electrons. The van der Waals surface area contributed by atoms with Crippen LogP contribution in [0.4, 0.5) is 0 Å². The Hall–Kier alpha value is -0.260. The smallest absolute Gasteiger partial charge is 0.237 e. The molecule has 0 aliphatic carbocycles. The summed E-state index contributed by atoms with van der Waals surface area (Å²) < 4.78 is 0. The van der Waals surface area contributed by atoms with Gasteiger partial charge in [0.2, 0.25) is 5.91 Å². The monoisotopic (exact) mass is 246 g/mol. The summed E-state index contributed by atoms with van der Waals surface area (Å²) >= 11 is 1.58. The van der Waals surface area contributed by atoms with E-state index in [1.165, 1.54) is 0 Å². The Morgan fingerprint density at radius 1 is 1.62 bits per heavy atom. The molecule has 16 heavy (non-hydrogen) atoms. The number of hydrogen-bond acceptors (Lipinski definition) is 4. The Labute approximate surface area is 102 Å². The minimum Gasteiger partial charge on any atom is -0.395 e. The molecule has 1 saturated heterocycles. The molecule has 1 fully saturated rings. The highest BCUT2D eigenvalue weighted by molar-refractivity contribution is 7.99. The summed E-state index contributed by atoms with van der Waals surface area (Å²) in [6, 6.07) is -0.0337. The maximum Gasteiger partial charge on any atom is 0.237 e. The molecule has 4 nitrogen and oxygen atoms in total. The quantitative estimate of drug-likeness (QED) is 0.655. The maximum absolute atomic E-state index is 11.9. The number of aliphatic hydroxyl groups is 1. The molecule has 0 radical (unpaired) electrons. The molecule has 0 spiro atoms. The second-order valence-electron chi connectivity index (χ2n) is 4.26. The van der Waals surface area contributed by atoms with Gasteiger partial charge in [-0.2, -0.15) is 11.8 Å². The minimum absolute atomic E-state index is 0.0104. The van der Waals surface area contributed by atoms with Gasteiger partial charge in [0, 0.05) is 11.3 Å². The van der Waals surface area contributed by atoms with Crippen molar-refractivity contribution in [1.29, 1.82) is 0 Å². The Bertz CT molecular complexity index is 216. The summed E-state index contributed by atoms with van der Waals surface area (Å²) in [7, 11) is 0. The second kappa shape index (κ2) is 7.14. The van der Waals surface area contributed by atoms with Crippen LogP contribution in [-0.4, -0.2) is 47.8 Å². The van der Waals surface area contributed by atoms with E-state index >= 15 is 0 Å². The van der Waals surface area contributed by atoms with Gasteiger partial charge in [-0.15, -0.1) is 0 Å². The number of aliphatic hydroxyl groups excluding tert-OH is 1. The van der Waals surface area contributed by atoms with Gasteiger partial charge in [-0.05, 0) is 32.6 Å². The van der Waals surface area contributed by atoms with Crippen LogP contribution in [0.2, 0.25) is 0 Å². The van der Waals surface area contributed by atoms with Gasteiger partial charge in [-0.25, -0.2) is 0 Å². The number of piperidine rings is 1. The fourth-order valence-corrected chi connectivity index (χ4v) is 2.56. The Kier molecular flexibility index (Phi) is 6.16. The molecule has 5 heteroatoms. The summed E-state index contributed by atoms with van der Waals surface area (Å²) in [6.07, 6.45) is 5.14. The molecule has 1 rings (SSSR count). The van der Waals surface area contributed by atoms with Crippen molar-refractivity contribution < 1.29 is 9.90 Å². The van der Waals surface area contributed by atoms with Crippen molar-refractivity contribution in [3.05, 3.63) is 0 Å². The van der Waals surface area contributed by atoms with Crippen molar-refractivity contribution in [2.45, 2.75) is 43.5 Å². The van der Waals surface area contributed by atoms with Gasteiger partial charge in [0.15, 0.2) is 0 Å². The lowest BCUT2D eigenvalue weighted by Gasteiger charge is -2.27. The average molecular weight is 246 g/mol. The minimum atomic E-state index is -0.0441. The Morgan fingerprint density at radius 3 is 2.88 bits per heavy atom. The Balaban J connectivity index is 2.37. The van der Waals surface area contributed by atoms with Crippen molar-refractivity contribution in [2.24, 2.45) is 0 Å². The zero-order valence-electron chi connectivity index (χ0n) is 10.0. The first-order valence-electron chi connectivity index (χ1n) is 5.86. The van der Waals surface area contributed by atoms with Gasteiger partial charge in [-0.3, -0.25) is 4.79 Å². The summed E-state index contributed by atoms with van der Waals surface area (Å²) in [5, 5.41) is 15.4. The van der Waals surface area contributed by atoms with Crippen LogP contribution >= 0.6 is 11.8 Å². The highest BCUT2D eigenvalue weighted by Crippen LogP contribution is 2.12. The van der Waals surface area contributed by atoms with Gasteiger partial charge in [0.25, 0.3) is 0 Å². The second-order valence-corrected chi connectivity index (χ2v) is 5.33. The van der Waals surface area contributed by atoms with Gasteiger partial charge >= 0.3 is 0 Å². The van der Waals surface area contributed by atoms with Crippen LogP contribution in [0.1, 0.15) is 26.2 Å². The maximum atomic E-state index is 11.9. The van der Waals surface area contributed by atoms with E-state index < -0.39 is 0 Å². The number of nitrogens with one attached hydrogen (secondary N) is 2. The van der Waals surface area contributed by atoms with Crippen molar-refractivity contribution in [2.75, 3.05) is 19.4 Å². The molecule has 0 aromatic carbocycles. The number of carbonyl (C=O) groups excluding carboxylic acids is 1.